The normalized spacial score (nSPS) is 10.9. The van der Waals surface area contributed by atoms with Crippen LogP contribution in [0.25, 0.3) is 0 Å². The molecule has 234 valence electrons. The van der Waals surface area contributed by atoms with Gasteiger partial charge in [0.1, 0.15) is 11.6 Å². The molecule has 0 aliphatic rings. The Morgan fingerprint density at radius 2 is 1.05 bits per heavy atom. The maximum atomic E-state index is 5.26. The number of aryl methyl sites for hydroxylation is 8. The second-order valence-corrected chi connectivity index (χ2v) is 14.7. The van der Waals surface area contributed by atoms with Gasteiger partial charge >= 0.3 is 0 Å². The van der Waals surface area contributed by atoms with E-state index in [4.69, 9.17) is 4.42 Å². The van der Waals surface area contributed by atoms with E-state index in [0.29, 0.717) is 23.7 Å². The summed E-state index contributed by atoms with van der Waals surface area (Å²) in [7, 11) is 0. The third kappa shape index (κ3) is 11.7. The Hall–Kier alpha value is -2.45. The molecular formula is C34H55N5OS2. The van der Waals surface area contributed by atoms with Crippen LogP contribution in [0.5, 0.6) is 0 Å². The fourth-order valence-electron chi connectivity index (χ4n) is 4.26. The maximum Gasteiger partial charge on any atom is 0.191 e. The maximum absolute atomic E-state index is 5.26. The lowest BCUT2D eigenvalue weighted by molar-refractivity contribution is 0.492. The Labute approximate surface area is 263 Å². The molecular weight excluding hydrogens is 559 g/mol. The van der Waals surface area contributed by atoms with E-state index in [9.17, 15) is 0 Å². The van der Waals surface area contributed by atoms with E-state index in [1.807, 2.05) is 39.0 Å². The number of hydrogen-bond acceptors (Lipinski definition) is 8. The zero-order valence-corrected chi connectivity index (χ0v) is 30.9. The van der Waals surface area contributed by atoms with Gasteiger partial charge in [0, 0.05) is 34.0 Å². The van der Waals surface area contributed by atoms with Crippen molar-refractivity contribution in [3.63, 3.8) is 0 Å². The van der Waals surface area contributed by atoms with Crippen LogP contribution >= 0.6 is 22.7 Å². The molecule has 6 nitrogen and oxygen atoms in total. The van der Waals surface area contributed by atoms with Gasteiger partial charge < -0.3 is 4.42 Å². The number of oxazole rings is 1. The van der Waals surface area contributed by atoms with Gasteiger partial charge in [-0.05, 0) is 78.7 Å². The van der Waals surface area contributed by atoms with Crippen LogP contribution in [0.3, 0.4) is 0 Å². The van der Waals surface area contributed by atoms with E-state index in [1.165, 1.54) is 42.4 Å². The fourth-order valence-corrected chi connectivity index (χ4v) is 6.16. The van der Waals surface area contributed by atoms with Crippen molar-refractivity contribution in [3.8, 4) is 0 Å². The standard InChI is InChI=1S/C10H16N2.C8H13NO.2C8H13NS/c1-6(2)10-7(3)8(4)11-9(5)12-10;2*1-5(2)8-6(3)10-7(4)9-8;1-5(2)8-9-6(3)7(4)10-8/h6H,1-5H3;3*5H,1-4H3. The highest BCUT2D eigenvalue weighted by Gasteiger charge is 2.10. The average molecular weight is 614 g/mol. The summed E-state index contributed by atoms with van der Waals surface area (Å²) in [6.45, 7) is 35.6. The van der Waals surface area contributed by atoms with Crippen molar-refractivity contribution < 1.29 is 4.42 Å². The first kappa shape index (κ1) is 37.6. The molecule has 0 aromatic carbocycles. The lowest BCUT2D eigenvalue weighted by Gasteiger charge is -2.10. The molecule has 0 fully saturated rings. The Balaban J connectivity index is 0.000000281. The summed E-state index contributed by atoms with van der Waals surface area (Å²) in [5.41, 5.74) is 7.05. The molecule has 0 radical (unpaired) electrons. The quantitative estimate of drug-likeness (QED) is 0.228. The van der Waals surface area contributed by atoms with Gasteiger partial charge in [0.15, 0.2) is 5.89 Å². The van der Waals surface area contributed by atoms with Crippen molar-refractivity contribution in [2.75, 3.05) is 0 Å². The predicted octanol–water partition coefficient (Wildman–Crippen LogP) is 10.7. The molecule has 4 rings (SSSR count). The molecule has 0 bridgehead atoms. The molecule has 4 heterocycles. The zero-order valence-electron chi connectivity index (χ0n) is 29.3. The first-order chi connectivity index (χ1) is 19.3. The molecule has 4 aromatic rings. The van der Waals surface area contributed by atoms with Gasteiger partial charge in [-0.2, -0.15) is 0 Å². The average Bonchev–Trinajstić information content (AvgIpc) is 3.52. The second-order valence-electron chi connectivity index (χ2n) is 12.0. The van der Waals surface area contributed by atoms with Crippen LogP contribution in [0.2, 0.25) is 0 Å². The van der Waals surface area contributed by atoms with Gasteiger partial charge in [-0.25, -0.2) is 24.9 Å². The first-order valence-electron chi connectivity index (χ1n) is 15.0. The van der Waals surface area contributed by atoms with Crippen LogP contribution in [0.15, 0.2) is 4.42 Å². The molecule has 0 saturated carbocycles. The minimum Gasteiger partial charge on any atom is -0.446 e. The highest BCUT2D eigenvalue weighted by Crippen LogP contribution is 2.24. The smallest absolute Gasteiger partial charge is 0.191 e. The van der Waals surface area contributed by atoms with Gasteiger partial charge in [0.25, 0.3) is 0 Å². The third-order valence-electron chi connectivity index (χ3n) is 6.60. The Morgan fingerprint density at radius 1 is 0.500 bits per heavy atom. The molecule has 0 atom stereocenters. The topological polar surface area (TPSA) is 77.6 Å². The number of nitrogens with zero attached hydrogens (tertiary/aromatic N) is 5. The van der Waals surface area contributed by atoms with Crippen LogP contribution in [-0.2, 0) is 0 Å². The lowest BCUT2D eigenvalue weighted by atomic mass is 10.0. The third-order valence-corrected chi connectivity index (χ3v) is 8.87. The van der Waals surface area contributed by atoms with Crippen molar-refractivity contribution >= 4 is 22.7 Å². The highest BCUT2D eigenvalue weighted by atomic mass is 32.1. The monoisotopic (exact) mass is 613 g/mol. The fraction of sp³-hybridized carbons (Fsp3) is 0.618. The molecule has 0 aliphatic heterocycles. The van der Waals surface area contributed by atoms with Crippen molar-refractivity contribution in [2.24, 2.45) is 0 Å². The van der Waals surface area contributed by atoms with E-state index in [-0.39, 0.29) is 0 Å². The summed E-state index contributed by atoms with van der Waals surface area (Å²) in [5, 5.41) is 2.44. The predicted molar refractivity (Wildman–Crippen MR) is 182 cm³/mol. The van der Waals surface area contributed by atoms with Crippen LogP contribution in [0.1, 0.15) is 150 Å². The summed E-state index contributed by atoms with van der Waals surface area (Å²) < 4.78 is 5.26. The minimum atomic E-state index is 0.470. The SMILES string of the molecule is Cc1nc(C(C)C)c(C)o1.Cc1nc(C(C)C)c(C)s1.Cc1nc(C(C)C)sc1C.Cc1nc(C)c(C)c(C(C)C)n1. The van der Waals surface area contributed by atoms with Gasteiger partial charge in [-0.3, -0.25) is 0 Å². The summed E-state index contributed by atoms with van der Waals surface area (Å²) in [5.74, 6) is 4.71. The Bertz CT molecular complexity index is 1320. The van der Waals surface area contributed by atoms with Gasteiger partial charge in [0.2, 0.25) is 0 Å². The van der Waals surface area contributed by atoms with Crippen LogP contribution < -0.4 is 0 Å². The van der Waals surface area contributed by atoms with E-state index >= 15 is 0 Å². The largest absolute Gasteiger partial charge is 0.446 e. The van der Waals surface area contributed by atoms with Gasteiger partial charge in [-0.15, -0.1) is 22.7 Å². The Kier molecular flexibility index (Phi) is 15.2. The number of rotatable bonds is 4. The summed E-state index contributed by atoms with van der Waals surface area (Å²) in [6, 6.07) is 0. The number of aromatic nitrogens is 5. The van der Waals surface area contributed by atoms with E-state index in [0.717, 1.165) is 28.9 Å². The highest BCUT2D eigenvalue weighted by molar-refractivity contribution is 7.12. The van der Waals surface area contributed by atoms with Crippen molar-refractivity contribution in [1.82, 2.24) is 24.9 Å². The number of hydrogen-bond donors (Lipinski definition) is 0. The van der Waals surface area contributed by atoms with E-state index < -0.39 is 0 Å². The van der Waals surface area contributed by atoms with E-state index in [2.05, 4.69) is 115 Å². The molecule has 0 aliphatic carbocycles. The molecule has 0 N–H and O–H groups in total. The molecule has 0 unspecified atom stereocenters. The molecule has 4 aromatic heterocycles. The molecule has 42 heavy (non-hydrogen) atoms. The summed E-state index contributed by atoms with van der Waals surface area (Å²) in [6.07, 6.45) is 0. The number of thiazole rings is 2. The Morgan fingerprint density at radius 3 is 1.33 bits per heavy atom. The van der Waals surface area contributed by atoms with Crippen LogP contribution in [0, 0.1) is 62.3 Å². The summed E-state index contributed by atoms with van der Waals surface area (Å²) in [4.78, 5) is 24.5. The minimum absolute atomic E-state index is 0.470. The van der Waals surface area contributed by atoms with Crippen molar-refractivity contribution in [3.05, 3.63) is 71.3 Å². The van der Waals surface area contributed by atoms with Crippen molar-refractivity contribution in [2.45, 2.75) is 141 Å². The second kappa shape index (κ2) is 17.0. The van der Waals surface area contributed by atoms with Crippen LogP contribution in [0.4, 0.5) is 0 Å². The zero-order chi connectivity index (χ0) is 32.5. The molecule has 8 heteroatoms. The molecule has 0 amide bonds. The van der Waals surface area contributed by atoms with E-state index in [1.54, 1.807) is 11.3 Å². The molecule has 0 saturated heterocycles. The molecule has 0 spiro atoms. The van der Waals surface area contributed by atoms with Gasteiger partial charge in [-0.1, -0.05) is 55.4 Å². The van der Waals surface area contributed by atoms with Gasteiger partial charge in [0.05, 0.1) is 27.1 Å². The van der Waals surface area contributed by atoms with Crippen molar-refractivity contribution in [1.29, 1.82) is 0 Å². The lowest BCUT2D eigenvalue weighted by Crippen LogP contribution is -2.03. The first-order valence-corrected chi connectivity index (χ1v) is 16.6. The summed E-state index contributed by atoms with van der Waals surface area (Å²) >= 11 is 3.60. The van der Waals surface area contributed by atoms with Crippen LogP contribution in [-0.4, -0.2) is 24.9 Å².